The lowest BCUT2D eigenvalue weighted by Gasteiger charge is -2.36. The molecule has 0 bridgehead atoms. The highest BCUT2D eigenvalue weighted by atomic mass is 16.5. The molecule has 5 nitrogen and oxygen atoms in total. The zero-order valence-electron chi connectivity index (χ0n) is 22.4. The molecule has 1 saturated heterocycles. The van der Waals surface area contributed by atoms with E-state index in [0.717, 1.165) is 63.1 Å². The highest BCUT2D eigenvalue weighted by molar-refractivity contribution is 5.84. The minimum Gasteiger partial charge on any atom is -0.380 e. The molecule has 0 aromatic heterocycles. The van der Waals surface area contributed by atoms with E-state index in [4.69, 9.17) is 4.74 Å². The van der Waals surface area contributed by atoms with E-state index in [2.05, 4.69) is 72.3 Å². The van der Waals surface area contributed by atoms with Gasteiger partial charge in [0, 0.05) is 45.9 Å². The molecular weight excluding hydrogens is 446 g/mol. The standard InChI is InChI=1S/C31H42N3O2/c1-5-36-17-16-34-15-14-23-8-6-7-9-25(23)29(34)30(35)32-18-26-27-20-33(21-28(26)27)19-22-10-12-24(13-11-22)31(2,3)4/h6,8-13,26-29H,5,14-21H2,1-4H3,(H,32,35). The summed E-state index contributed by atoms with van der Waals surface area (Å²) >= 11 is 0. The number of hydrogen-bond donors (Lipinski definition) is 1. The summed E-state index contributed by atoms with van der Waals surface area (Å²) in [6.07, 6.45) is 0.974. The SMILES string of the molecule is CCOCCN1CCc2cc[c]cc2C1C(=O)NCC1C2CN(Cc3ccc(C(C)(C)C)cc3)CC12. The molecule has 2 aliphatic heterocycles. The number of nitrogens with zero attached hydrogens (tertiary/aromatic N) is 2. The molecule has 1 radical (unpaired) electrons. The number of carbonyl (C=O) groups excluding carboxylic acids is 1. The van der Waals surface area contributed by atoms with E-state index in [0.29, 0.717) is 19.1 Å². The number of likely N-dealkylation sites (tertiary alicyclic amines) is 1. The lowest BCUT2D eigenvalue weighted by atomic mass is 9.87. The second-order valence-corrected chi connectivity index (χ2v) is 11.9. The van der Waals surface area contributed by atoms with Crippen molar-refractivity contribution in [2.45, 2.75) is 52.1 Å². The number of fused-ring (bicyclic) bond motifs is 2. The molecule has 2 aromatic rings. The third kappa shape index (κ3) is 5.53. The maximum Gasteiger partial charge on any atom is 0.241 e. The lowest BCUT2D eigenvalue weighted by Crippen LogP contribution is -2.46. The molecule has 1 saturated carbocycles. The van der Waals surface area contributed by atoms with Gasteiger partial charge in [-0.2, -0.15) is 0 Å². The predicted molar refractivity (Wildman–Crippen MR) is 144 cm³/mol. The van der Waals surface area contributed by atoms with Gasteiger partial charge in [-0.1, -0.05) is 57.2 Å². The van der Waals surface area contributed by atoms with Crippen LogP contribution in [0.25, 0.3) is 0 Å². The summed E-state index contributed by atoms with van der Waals surface area (Å²) < 4.78 is 5.60. The van der Waals surface area contributed by atoms with E-state index in [1.165, 1.54) is 16.7 Å². The lowest BCUT2D eigenvalue weighted by molar-refractivity contribution is -0.127. The summed E-state index contributed by atoms with van der Waals surface area (Å²) in [6, 6.07) is 18.2. The van der Waals surface area contributed by atoms with E-state index in [9.17, 15) is 4.79 Å². The number of carbonyl (C=O) groups is 1. The molecule has 2 fully saturated rings. The molecule has 5 heteroatoms. The Bertz CT molecular complexity index is 1030. The van der Waals surface area contributed by atoms with Crippen molar-refractivity contribution < 1.29 is 9.53 Å². The largest absolute Gasteiger partial charge is 0.380 e. The van der Waals surface area contributed by atoms with Gasteiger partial charge in [0.15, 0.2) is 0 Å². The Hall–Kier alpha value is -2.21. The van der Waals surface area contributed by atoms with Gasteiger partial charge < -0.3 is 10.1 Å². The Kier molecular flexibility index (Phi) is 7.52. The van der Waals surface area contributed by atoms with Crippen molar-refractivity contribution in [2.24, 2.45) is 17.8 Å². The van der Waals surface area contributed by atoms with Crippen molar-refractivity contribution in [1.29, 1.82) is 0 Å². The molecule has 3 atom stereocenters. The Morgan fingerprint density at radius 2 is 1.89 bits per heavy atom. The predicted octanol–water partition coefficient (Wildman–Crippen LogP) is 4.21. The molecule has 3 unspecified atom stereocenters. The van der Waals surface area contributed by atoms with E-state index < -0.39 is 0 Å². The number of benzene rings is 2. The fraction of sp³-hybridized carbons (Fsp3) is 0.581. The van der Waals surface area contributed by atoms with Crippen molar-refractivity contribution >= 4 is 5.91 Å². The average Bonchev–Trinajstić information content (AvgIpc) is 3.32. The summed E-state index contributed by atoms with van der Waals surface area (Å²) in [5.74, 6) is 2.20. The Morgan fingerprint density at radius 3 is 2.58 bits per heavy atom. The van der Waals surface area contributed by atoms with Crippen molar-refractivity contribution in [2.75, 3.05) is 45.9 Å². The van der Waals surface area contributed by atoms with Gasteiger partial charge >= 0.3 is 0 Å². The third-order valence-corrected chi connectivity index (χ3v) is 8.48. The van der Waals surface area contributed by atoms with E-state index in [1.807, 2.05) is 19.1 Å². The number of ether oxygens (including phenoxy) is 1. The molecule has 36 heavy (non-hydrogen) atoms. The van der Waals surface area contributed by atoms with Gasteiger partial charge in [-0.25, -0.2) is 0 Å². The minimum atomic E-state index is -0.238. The highest BCUT2D eigenvalue weighted by Gasteiger charge is 2.55. The van der Waals surface area contributed by atoms with Crippen LogP contribution < -0.4 is 5.32 Å². The van der Waals surface area contributed by atoms with Gasteiger partial charge in [-0.15, -0.1) is 0 Å². The van der Waals surface area contributed by atoms with E-state index in [-0.39, 0.29) is 17.4 Å². The van der Waals surface area contributed by atoms with Gasteiger partial charge in [0.05, 0.1) is 6.61 Å². The van der Waals surface area contributed by atoms with Crippen molar-refractivity contribution in [3.63, 3.8) is 0 Å². The minimum absolute atomic E-state index is 0.132. The zero-order chi connectivity index (χ0) is 25.3. The number of amides is 1. The van der Waals surface area contributed by atoms with Crippen LogP contribution in [0.1, 0.15) is 56.0 Å². The van der Waals surface area contributed by atoms with Crippen LogP contribution in [0.15, 0.2) is 42.5 Å². The first-order chi connectivity index (χ1) is 17.3. The number of hydrogen-bond acceptors (Lipinski definition) is 4. The molecule has 0 spiro atoms. The molecule has 1 N–H and O–H groups in total. The first kappa shape index (κ1) is 25.4. The summed E-state index contributed by atoms with van der Waals surface area (Å²) in [4.78, 5) is 18.3. The molecule has 2 aromatic carbocycles. The maximum absolute atomic E-state index is 13.4. The van der Waals surface area contributed by atoms with E-state index in [1.54, 1.807) is 0 Å². The molecule has 3 aliphatic rings. The van der Waals surface area contributed by atoms with Crippen molar-refractivity contribution in [1.82, 2.24) is 15.1 Å². The molecule has 1 aliphatic carbocycles. The van der Waals surface area contributed by atoms with Crippen LogP contribution >= 0.6 is 0 Å². The van der Waals surface area contributed by atoms with E-state index >= 15 is 0 Å². The molecule has 5 rings (SSSR count). The fourth-order valence-electron chi connectivity index (χ4n) is 6.27. The van der Waals surface area contributed by atoms with Crippen LogP contribution in [0.2, 0.25) is 0 Å². The van der Waals surface area contributed by atoms with Crippen molar-refractivity contribution in [3.8, 4) is 0 Å². The van der Waals surface area contributed by atoms with Crippen molar-refractivity contribution in [3.05, 3.63) is 70.8 Å². The summed E-state index contributed by atoms with van der Waals surface area (Å²) in [5.41, 5.74) is 5.37. The second-order valence-electron chi connectivity index (χ2n) is 11.9. The van der Waals surface area contributed by atoms with Crippen LogP contribution in [0.5, 0.6) is 0 Å². The third-order valence-electron chi connectivity index (χ3n) is 8.48. The monoisotopic (exact) mass is 488 g/mol. The summed E-state index contributed by atoms with van der Waals surface area (Å²) in [6.45, 7) is 16.0. The smallest absolute Gasteiger partial charge is 0.241 e. The number of rotatable bonds is 9. The topological polar surface area (TPSA) is 44.8 Å². The summed E-state index contributed by atoms with van der Waals surface area (Å²) in [5, 5.41) is 3.34. The van der Waals surface area contributed by atoms with Gasteiger partial charge in [-0.05, 0) is 70.9 Å². The number of piperidine rings is 1. The summed E-state index contributed by atoms with van der Waals surface area (Å²) in [7, 11) is 0. The molecule has 2 heterocycles. The quantitative estimate of drug-likeness (QED) is 0.537. The second kappa shape index (κ2) is 10.6. The highest BCUT2D eigenvalue weighted by Crippen LogP contribution is 2.51. The molecule has 1 amide bonds. The van der Waals surface area contributed by atoms with Crippen LogP contribution in [0, 0.1) is 23.8 Å². The van der Waals surface area contributed by atoms with Crippen LogP contribution in [-0.4, -0.2) is 61.6 Å². The van der Waals surface area contributed by atoms with Gasteiger partial charge in [-0.3, -0.25) is 14.6 Å². The van der Waals surface area contributed by atoms with Crippen LogP contribution in [0.3, 0.4) is 0 Å². The first-order valence-electron chi connectivity index (χ1n) is 13.8. The zero-order valence-corrected chi connectivity index (χ0v) is 22.4. The average molecular weight is 489 g/mol. The van der Waals surface area contributed by atoms with Gasteiger partial charge in [0.25, 0.3) is 0 Å². The Labute approximate surface area is 217 Å². The van der Waals surface area contributed by atoms with Crippen LogP contribution in [-0.2, 0) is 27.9 Å². The Balaban J connectivity index is 1.12. The first-order valence-corrected chi connectivity index (χ1v) is 13.8. The fourth-order valence-corrected chi connectivity index (χ4v) is 6.27. The normalized spacial score (nSPS) is 25.9. The number of nitrogens with one attached hydrogen (secondary N) is 1. The maximum atomic E-state index is 13.4. The molecule has 193 valence electrons. The molecular formula is C31H42N3O2. The van der Waals surface area contributed by atoms with Gasteiger partial charge in [0.1, 0.15) is 6.04 Å². The van der Waals surface area contributed by atoms with Gasteiger partial charge in [0.2, 0.25) is 5.91 Å². The Morgan fingerprint density at radius 1 is 1.14 bits per heavy atom. The van der Waals surface area contributed by atoms with Crippen LogP contribution in [0.4, 0.5) is 0 Å².